The van der Waals surface area contributed by atoms with Crippen LogP contribution in [0.15, 0.2) is 30.3 Å². The first-order valence-corrected chi connectivity index (χ1v) is 5.85. The van der Waals surface area contributed by atoms with Crippen LogP contribution in [0.1, 0.15) is 25.3 Å². The van der Waals surface area contributed by atoms with Gasteiger partial charge in [0.2, 0.25) is 0 Å². The highest BCUT2D eigenvalue weighted by Crippen LogP contribution is 2.03. The van der Waals surface area contributed by atoms with Crippen molar-refractivity contribution in [1.29, 1.82) is 0 Å². The van der Waals surface area contributed by atoms with Crippen LogP contribution in [-0.4, -0.2) is 23.2 Å². The van der Waals surface area contributed by atoms with Crippen LogP contribution in [0, 0.1) is 0 Å². The first-order chi connectivity index (χ1) is 8.09. The van der Waals surface area contributed by atoms with Gasteiger partial charge in [-0.3, -0.25) is 4.79 Å². The fraction of sp³-hybridized carbons (Fsp3) is 0.462. The first-order valence-electron chi connectivity index (χ1n) is 5.85. The molecule has 1 rings (SSSR count). The minimum Gasteiger partial charge on any atom is -0.480 e. The lowest BCUT2D eigenvalue weighted by molar-refractivity contribution is -0.138. The summed E-state index contributed by atoms with van der Waals surface area (Å²) in [6.07, 6.45) is 1.26. The lowest BCUT2D eigenvalue weighted by atomic mass is 10.1. The van der Waals surface area contributed by atoms with Crippen LogP contribution in [0.5, 0.6) is 0 Å². The highest BCUT2D eigenvalue weighted by atomic mass is 16.4. The molecule has 0 aromatic heterocycles. The molecule has 1 aromatic rings. The van der Waals surface area contributed by atoms with Crippen molar-refractivity contribution >= 4 is 5.97 Å². The Morgan fingerprint density at radius 1 is 1.35 bits per heavy atom. The first kappa shape index (κ1) is 13.7. The van der Waals surface area contributed by atoms with E-state index >= 15 is 0 Å². The molecule has 0 amide bonds. The summed E-state index contributed by atoms with van der Waals surface area (Å²) in [5.41, 5.74) is 6.67. The molecule has 4 heteroatoms. The normalized spacial score (nSPS) is 14.2. The molecule has 17 heavy (non-hydrogen) atoms. The molecule has 1 aromatic carbocycles. The van der Waals surface area contributed by atoms with Crippen LogP contribution in [0.3, 0.4) is 0 Å². The maximum Gasteiger partial charge on any atom is 0.320 e. The Hall–Kier alpha value is -1.39. The average molecular weight is 236 g/mol. The standard InChI is InChI=1S/C13H20N2O2/c1-10(7-8-12(14)13(16)17)15-9-11-5-3-2-4-6-11/h2-6,10,12,15H,7-9,14H2,1H3,(H,16,17)/t10?,12-/m0/s1. The molecule has 4 nitrogen and oxygen atoms in total. The maximum atomic E-state index is 10.5. The molecule has 0 aliphatic heterocycles. The van der Waals surface area contributed by atoms with Gasteiger partial charge in [0.15, 0.2) is 0 Å². The highest BCUT2D eigenvalue weighted by Gasteiger charge is 2.12. The quantitative estimate of drug-likeness (QED) is 0.668. The molecule has 0 saturated carbocycles. The molecule has 0 aliphatic rings. The number of aliphatic carboxylic acids is 1. The zero-order valence-electron chi connectivity index (χ0n) is 10.1. The van der Waals surface area contributed by atoms with Crippen LogP contribution in [-0.2, 0) is 11.3 Å². The van der Waals surface area contributed by atoms with Crippen molar-refractivity contribution in [3.63, 3.8) is 0 Å². The Morgan fingerprint density at radius 2 is 2.00 bits per heavy atom. The molecule has 0 radical (unpaired) electrons. The molecule has 1 unspecified atom stereocenters. The van der Waals surface area contributed by atoms with Crippen LogP contribution in [0.4, 0.5) is 0 Å². The number of carboxylic acid groups (broad SMARTS) is 1. The number of nitrogens with one attached hydrogen (secondary N) is 1. The molecular formula is C13H20N2O2. The molecule has 0 fully saturated rings. The Kier molecular flexibility index (Phi) is 5.66. The lowest BCUT2D eigenvalue weighted by Crippen LogP contribution is -2.33. The number of nitrogens with two attached hydrogens (primary N) is 1. The van der Waals surface area contributed by atoms with Gasteiger partial charge in [-0.05, 0) is 25.3 Å². The van der Waals surface area contributed by atoms with E-state index in [9.17, 15) is 4.79 Å². The summed E-state index contributed by atoms with van der Waals surface area (Å²) in [5.74, 6) is -0.930. The van der Waals surface area contributed by atoms with Crippen LogP contribution in [0.25, 0.3) is 0 Å². The van der Waals surface area contributed by atoms with Gasteiger partial charge in [-0.1, -0.05) is 30.3 Å². The predicted molar refractivity (Wildman–Crippen MR) is 67.6 cm³/mol. The zero-order valence-corrected chi connectivity index (χ0v) is 10.1. The van der Waals surface area contributed by atoms with Gasteiger partial charge in [0.25, 0.3) is 0 Å². The number of carbonyl (C=O) groups is 1. The smallest absolute Gasteiger partial charge is 0.320 e. The number of hydrogen-bond acceptors (Lipinski definition) is 3. The largest absolute Gasteiger partial charge is 0.480 e. The van der Waals surface area contributed by atoms with Gasteiger partial charge in [-0.25, -0.2) is 0 Å². The minimum absolute atomic E-state index is 0.264. The van der Waals surface area contributed by atoms with Gasteiger partial charge >= 0.3 is 5.97 Å². The topological polar surface area (TPSA) is 75.4 Å². The van der Waals surface area contributed by atoms with Gasteiger partial charge in [0.05, 0.1) is 0 Å². The fourth-order valence-electron chi connectivity index (χ4n) is 1.54. The second-order valence-electron chi connectivity index (χ2n) is 4.29. The third kappa shape index (κ3) is 5.47. The predicted octanol–water partition coefficient (Wildman–Crippen LogP) is 1.36. The van der Waals surface area contributed by atoms with Gasteiger partial charge in [0, 0.05) is 12.6 Å². The van der Waals surface area contributed by atoms with Crippen LogP contribution in [0.2, 0.25) is 0 Å². The average Bonchev–Trinajstić information content (AvgIpc) is 2.34. The Bertz CT molecular complexity index is 341. The third-order valence-electron chi connectivity index (χ3n) is 2.73. The fourth-order valence-corrected chi connectivity index (χ4v) is 1.54. The summed E-state index contributed by atoms with van der Waals surface area (Å²) in [6, 6.07) is 9.62. The summed E-state index contributed by atoms with van der Waals surface area (Å²) in [6.45, 7) is 2.84. The Balaban J connectivity index is 2.22. The molecule has 0 saturated heterocycles. The Morgan fingerprint density at radius 3 is 2.59 bits per heavy atom. The zero-order chi connectivity index (χ0) is 12.7. The number of rotatable bonds is 7. The van der Waals surface area contributed by atoms with Crippen molar-refractivity contribution in [1.82, 2.24) is 5.32 Å². The number of hydrogen-bond donors (Lipinski definition) is 3. The molecule has 0 aliphatic carbocycles. The molecule has 0 bridgehead atoms. The SMILES string of the molecule is CC(CC[C@H](N)C(=O)O)NCc1ccccc1. The van der Waals surface area contributed by atoms with E-state index in [1.54, 1.807) is 0 Å². The highest BCUT2D eigenvalue weighted by molar-refractivity contribution is 5.72. The van der Waals surface area contributed by atoms with Gasteiger partial charge in [-0.15, -0.1) is 0 Å². The summed E-state index contributed by atoms with van der Waals surface area (Å²) in [7, 11) is 0. The molecule has 0 spiro atoms. The van der Waals surface area contributed by atoms with E-state index in [2.05, 4.69) is 17.4 Å². The minimum atomic E-state index is -0.930. The molecular weight excluding hydrogens is 216 g/mol. The van der Waals surface area contributed by atoms with E-state index < -0.39 is 12.0 Å². The van der Waals surface area contributed by atoms with Crippen molar-refractivity contribution in [2.24, 2.45) is 5.73 Å². The van der Waals surface area contributed by atoms with Crippen molar-refractivity contribution < 1.29 is 9.90 Å². The monoisotopic (exact) mass is 236 g/mol. The summed E-state index contributed by atoms with van der Waals surface area (Å²) < 4.78 is 0. The third-order valence-corrected chi connectivity index (χ3v) is 2.73. The second kappa shape index (κ2) is 7.04. The Labute approximate surface area is 102 Å². The van der Waals surface area contributed by atoms with Crippen molar-refractivity contribution in [3.8, 4) is 0 Å². The maximum absolute atomic E-state index is 10.5. The van der Waals surface area contributed by atoms with Crippen LogP contribution < -0.4 is 11.1 Å². The second-order valence-corrected chi connectivity index (χ2v) is 4.29. The van der Waals surface area contributed by atoms with Gasteiger partial charge < -0.3 is 16.2 Å². The van der Waals surface area contributed by atoms with Gasteiger partial charge in [-0.2, -0.15) is 0 Å². The van der Waals surface area contributed by atoms with Crippen molar-refractivity contribution in [3.05, 3.63) is 35.9 Å². The molecule has 94 valence electrons. The van der Waals surface area contributed by atoms with Gasteiger partial charge in [0.1, 0.15) is 6.04 Å². The van der Waals surface area contributed by atoms with Crippen molar-refractivity contribution in [2.45, 2.75) is 38.4 Å². The number of carboxylic acids is 1. The van der Waals surface area contributed by atoms with E-state index in [4.69, 9.17) is 10.8 Å². The van der Waals surface area contributed by atoms with Crippen LogP contribution >= 0.6 is 0 Å². The summed E-state index contributed by atoms with van der Waals surface area (Å²) in [5, 5.41) is 12.0. The lowest BCUT2D eigenvalue weighted by Gasteiger charge is -2.15. The summed E-state index contributed by atoms with van der Waals surface area (Å²) in [4.78, 5) is 10.5. The number of benzene rings is 1. The molecule has 4 N–H and O–H groups in total. The van der Waals surface area contributed by atoms with Crippen molar-refractivity contribution in [2.75, 3.05) is 0 Å². The van der Waals surface area contributed by atoms with E-state index in [0.29, 0.717) is 6.42 Å². The van der Waals surface area contributed by atoms with E-state index in [1.165, 1.54) is 5.56 Å². The van der Waals surface area contributed by atoms with E-state index in [1.807, 2.05) is 25.1 Å². The van der Waals surface area contributed by atoms with E-state index in [-0.39, 0.29) is 6.04 Å². The molecule has 2 atom stereocenters. The molecule has 0 heterocycles. The summed E-state index contributed by atoms with van der Waals surface area (Å²) >= 11 is 0. The van der Waals surface area contributed by atoms with E-state index in [0.717, 1.165) is 13.0 Å².